The van der Waals surface area contributed by atoms with E-state index in [1.807, 2.05) is 30.3 Å². The molecule has 0 radical (unpaired) electrons. The van der Waals surface area contributed by atoms with Crippen LogP contribution in [0.25, 0.3) is 0 Å². The third-order valence-electron chi connectivity index (χ3n) is 4.39. The maximum atomic E-state index is 13.3. The van der Waals surface area contributed by atoms with Crippen molar-refractivity contribution in [3.05, 3.63) is 106 Å². The van der Waals surface area contributed by atoms with Gasteiger partial charge in [0.25, 0.3) is 5.91 Å². The van der Waals surface area contributed by atoms with Crippen LogP contribution in [0.2, 0.25) is 5.02 Å². The quantitative estimate of drug-likeness (QED) is 0.595. The van der Waals surface area contributed by atoms with E-state index in [0.29, 0.717) is 16.1 Å². The second kappa shape index (κ2) is 9.85. The molecule has 0 spiro atoms. The summed E-state index contributed by atoms with van der Waals surface area (Å²) in [6.45, 7) is 0.205. The van der Waals surface area contributed by atoms with Gasteiger partial charge in [-0.3, -0.25) is 9.59 Å². The molecular formula is C23H20ClFN2O2. The number of carbonyl (C=O) groups excluding carboxylic acids is 2. The predicted octanol–water partition coefficient (Wildman–Crippen LogP) is 4.66. The lowest BCUT2D eigenvalue weighted by Gasteiger charge is -2.19. The van der Waals surface area contributed by atoms with Crippen LogP contribution >= 0.6 is 11.6 Å². The van der Waals surface area contributed by atoms with E-state index >= 15 is 0 Å². The zero-order chi connectivity index (χ0) is 20.6. The molecule has 0 fully saturated rings. The fraction of sp³-hybridized carbons (Fsp3) is 0.130. The molecule has 3 aromatic rings. The number of hydrogen-bond donors (Lipinski definition) is 2. The Kier molecular flexibility index (Phi) is 6.98. The smallest absolute Gasteiger partial charge is 0.253 e. The average molecular weight is 411 g/mol. The number of carbonyl (C=O) groups is 2. The molecule has 4 nitrogen and oxygen atoms in total. The van der Waals surface area contributed by atoms with Crippen molar-refractivity contribution in [2.75, 3.05) is 0 Å². The van der Waals surface area contributed by atoms with Crippen molar-refractivity contribution < 1.29 is 14.0 Å². The van der Waals surface area contributed by atoms with Crippen LogP contribution in [0.4, 0.5) is 4.39 Å². The molecular weight excluding hydrogens is 391 g/mol. The Hall–Kier alpha value is -3.18. The highest BCUT2D eigenvalue weighted by Gasteiger charge is 2.20. The van der Waals surface area contributed by atoms with Gasteiger partial charge in [-0.05, 0) is 35.4 Å². The minimum absolute atomic E-state index is 0.0372. The van der Waals surface area contributed by atoms with Crippen LogP contribution in [0.3, 0.4) is 0 Å². The molecule has 2 amide bonds. The highest BCUT2D eigenvalue weighted by atomic mass is 35.5. The first kappa shape index (κ1) is 20.6. The molecule has 2 N–H and O–H groups in total. The minimum atomic E-state index is -0.535. The molecule has 1 unspecified atom stereocenters. The zero-order valence-electron chi connectivity index (χ0n) is 15.6. The molecule has 3 aromatic carbocycles. The van der Waals surface area contributed by atoms with Gasteiger partial charge in [0.1, 0.15) is 5.82 Å². The zero-order valence-corrected chi connectivity index (χ0v) is 16.3. The van der Waals surface area contributed by atoms with Crippen molar-refractivity contribution in [3.8, 4) is 0 Å². The van der Waals surface area contributed by atoms with Crippen molar-refractivity contribution in [2.45, 2.75) is 19.0 Å². The number of halogens is 2. The summed E-state index contributed by atoms with van der Waals surface area (Å²) in [6.07, 6.45) is 0.0372. The summed E-state index contributed by atoms with van der Waals surface area (Å²) in [6, 6.07) is 21.5. The summed E-state index contributed by atoms with van der Waals surface area (Å²) in [4.78, 5) is 25.2. The van der Waals surface area contributed by atoms with Gasteiger partial charge < -0.3 is 10.6 Å². The third-order valence-corrected chi connectivity index (χ3v) is 4.72. The van der Waals surface area contributed by atoms with E-state index in [0.717, 1.165) is 5.56 Å². The molecule has 0 aliphatic rings. The van der Waals surface area contributed by atoms with Crippen LogP contribution < -0.4 is 10.6 Å². The topological polar surface area (TPSA) is 58.2 Å². The molecule has 0 bridgehead atoms. The van der Waals surface area contributed by atoms with E-state index in [1.54, 1.807) is 36.4 Å². The Morgan fingerprint density at radius 2 is 1.66 bits per heavy atom. The number of amides is 2. The number of hydrogen-bond acceptors (Lipinski definition) is 2. The highest BCUT2D eigenvalue weighted by molar-refractivity contribution is 6.33. The Bertz CT molecular complexity index is 995. The summed E-state index contributed by atoms with van der Waals surface area (Å²) in [5, 5.41) is 5.99. The van der Waals surface area contributed by atoms with Gasteiger partial charge in [-0.15, -0.1) is 0 Å². The Morgan fingerprint density at radius 3 is 2.38 bits per heavy atom. The van der Waals surface area contributed by atoms with Crippen LogP contribution in [0.15, 0.2) is 78.9 Å². The van der Waals surface area contributed by atoms with Gasteiger partial charge in [0.15, 0.2) is 0 Å². The van der Waals surface area contributed by atoms with Crippen molar-refractivity contribution in [1.82, 2.24) is 10.6 Å². The second-order valence-corrected chi connectivity index (χ2v) is 6.93. The second-order valence-electron chi connectivity index (χ2n) is 6.53. The Balaban J connectivity index is 1.70. The van der Waals surface area contributed by atoms with Crippen molar-refractivity contribution >= 4 is 23.4 Å². The number of benzene rings is 3. The molecule has 0 aromatic heterocycles. The molecule has 0 saturated heterocycles. The van der Waals surface area contributed by atoms with E-state index in [4.69, 9.17) is 11.6 Å². The maximum absolute atomic E-state index is 13.3. The van der Waals surface area contributed by atoms with Gasteiger partial charge in [0, 0.05) is 6.54 Å². The maximum Gasteiger partial charge on any atom is 0.253 e. The van der Waals surface area contributed by atoms with Crippen LogP contribution in [-0.2, 0) is 11.3 Å². The van der Waals surface area contributed by atoms with Gasteiger partial charge in [0.2, 0.25) is 5.91 Å². The van der Waals surface area contributed by atoms with Gasteiger partial charge in [-0.2, -0.15) is 0 Å². The minimum Gasteiger partial charge on any atom is -0.352 e. The lowest BCUT2D eigenvalue weighted by atomic mass is 10.0. The Morgan fingerprint density at radius 1 is 0.931 bits per heavy atom. The molecule has 0 aliphatic carbocycles. The van der Waals surface area contributed by atoms with E-state index in [2.05, 4.69) is 10.6 Å². The molecule has 0 saturated carbocycles. The first-order valence-corrected chi connectivity index (χ1v) is 9.52. The average Bonchev–Trinajstić information content (AvgIpc) is 2.73. The molecule has 0 heterocycles. The van der Waals surface area contributed by atoms with Gasteiger partial charge in [0.05, 0.1) is 23.0 Å². The van der Waals surface area contributed by atoms with E-state index < -0.39 is 6.04 Å². The summed E-state index contributed by atoms with van der Waals surface area (Å²) in [7, 11) is 0. The molecule has 148 valence electrons. The van der Waals surface area contributed by atoms with Crippen molar-refractivity contribution in [3.63, 3.8) is 0 Å². The van der Waals surface area contributed by atoms with Gasteiger partial charge >= 0.3 is 0 Å². The molecule has 3 rings (SSSR count). The fourth-order valence-corrected chi connectivity index (χ4v) is 3.15. The molecule has 29 heavy (non-hydrogen) atoms. The molecule has 0 aliphatic heterocycles. The molecule has 1 atom stereocenters. The SMILES string of the molecule is O=C(CC(NC(=O)c1ccccc1Cl)c1ccccc1)NCc1cccc(F)c1. The Labute approximate surface area is 173 Å². The van der Waals surface area contributed by atoms with Crippen molar-refractivity contribution in [1.29, 1.82) is 0 Å². The number of nitrogens with one attached hydrogen (secondary N) is 2. The standard InChI is InChI=1S/C23H20ClFN2O2/c24-20-12-5-4-11-19(20)23(29)27-21(17-8-2-1-3-9-17)14-22(28)26-15-16-7-6-10-18(25)13-16/h1-13,21H,14-15H2,(H,26,28)(H,27,29). The predicted molar refractivity (Wildman–Crippen MR) is 111 cm³/mol. The summed E-state index contributed by atoms with van der Waals surface area (Å²) in [5.74, 6) is -0.976. The summed E-state index contributed by atoms with van der Waals surface area (Å²) < 4.78 is 13.3. The van der Waals surface area contributed by atoms with Crippen molar-refractivity contribution in [2.24, 2.45) is 0 Å². The lowest BCUT2D eigenvalue weighted by Crippen LogP contribution is -2.33. The third kappa shape index (κ3) is 5.90. The summed E-state index contributed by atoms with van der Waals surface area (Å²) in [5.41, 5.74) is 1.80. The van der Waals surface area contributed by atoms with Gasteiger partial charge in [-0.25, -0.2) is 4.39 Å². The number of rotatable bonds is 7. The van der Waals surface area contributed by atoms with E-state index in [1.165, 1.54) is 12.1 Å². The first-order chi connectivity index (χ1) is 14.0. The lowest BCUT2D eigenvalue weighted by molar-refractivity contribution is -0.121. The first-order valence-electron chi connectivity index (χ1n) is 9.14. The normalized spacial score (nSPS) is 11.5. The largest absolute Gasteiger partial charge is 0.352 e. The van der Waals surface area contributed by atoms with Crippen LogP contribution in [0.5, 0.6) is 0 Å². The molecule has 6 heteroatoms. The monoisotopic (exact) mass is 410 g/mol. The van der Waals surface area contributed by atoms with Crippen LogP contribution in [0, 0.1) is 5.82 Å². The fourth-order valence-electron chi connectivity index (χ4n) is 2.92. The van der Waals surface area contributed by atoms with Gasteiger partial charge in [-0.1, -0.05) is 66.2 Å². The van der Waals surface area contributed by atoms with Crippen LogP contribution in [0.1, 0.15) is 33.9 Å². The van der Waals surface area contributed by atoms with E-state index in [-0.39, 0.29) is 30.6 Å². The van der Waals surface area contributed by atoms with Crippen LogP contribution in [-0.4, -0.2) is 11.8 Å². The van der Waals surface area contributed by atoms with E-state index in [9.17, 15) is 14.0 Å². The summed E-state index contributed by atoms with van der Waals surface area (Å²) >= 11 is 6.11. The highest BCUT2D eigenvalue weighted by Crippen LogP contribution is 2.20.